The fraction of sp³-hybridized carbons (Fsp3) is 0.333. The molecule has 1 aromatic carbocycles. The first-order valence-electron chi connectivity index (χ1n) is 6.50. The Kier molecular flexibility index (Phi) is 7.13. The highest BCUT2D eigenvalue weighted by molar-refractivity contribution is 6.30. The van der Waals surface area contributed by atoms with Crippen LogP contribution in [0.5, 0.6) is 0 Å². The summed E-state index contributed by atoms with van der Waals surface area (Å²) in [4.78, 5) is 24.1. The molecule has 2 amide bonds. The Morgan fingerprint density at radius 1 is 1.29 bits per heavy atom. The molecule has 0 atom stereocenters. The number of anilines is 1. The highest BCUT2D eigenvalue weighted by atomic mass is 35.5. The van der Waals surface area contributed by atoms with Crippen molar-refractivity contribution in [2.24, 2.45) is 0 Å². The number of carboxylic acids is 1. The number of carbonyl (C=O) groups excluding carboxylic acids is 1. The van der Waals surface area contributed by atoms with Crippen molar-refractivity contribution in [3.05, 3.63) is 29.3 Å². The van der Waals surface area contributed by atoms with Crippen LogP contribution >= 0.6 is 11.6 Å². The van der Waals surface area contributed by atoms with E-state index in [4.69, 9.17) is 23.1 Å². The molecular formula is C15H17ClN2O3. The fourth-order valence-corrected chi connectivity index (χ4v) is 1.81. The van der Waals surface area contributed by atoms with E-state index in [0.29, 0.717) is 23.7 Å². The van der Waals surface area contributed by atoms with E-state index < -0.39 is 18.5 Å². The maximum atomic E-state index is 12.1. The Morgan fingerprint density at radius 3 is 2.52 bits per heavy atom. The van der Waals surface area contributed by atoms with Crippen LogP contribution in [0, 0.1) is 12.3 Å². The number of rotatable bonds is 7. The Morgan fingerprint density at radius 2 is 1.95 bits per heavy atom. The SMILES string of the molecule is C#CCCCCNC(=O)N(CC(=O)O)c1ccc(Cl)cc1. The fourth-order valence-electron chi connectivity index (χ4n) is 1.68. The zero-order valence-corrected chi connectivity index (χ0v) is 12.3. The second-order valence-corrected chi connectivity index (χ2v) is 4.79. The quantitative estimate of drug-likeness (QED) is 0.601. The summed E-state index contributed by atoms with van der Waals surface area (Å²) in [5.41, 5.74) is 0.475. The van der Waals surface area contributed by atoms with Gasteiger partial charge in [-0.15, -0.1) is 12.3 Å². The lowest BCUT2D eigenvalue weighted by Gasteiger charge is -2.21. The minimum absolute atomic E-state index is 0.419. The minimum Gasteiger partial charge on any atom is -0.480 e. The van der Waals surface area contributed by atoms with E-state index in [9.17, 15) is 9.59 Å². The number of benzene rings is 1. The number of aliphatic carboxylic acids is 1. The van der Waals surface area contributed by atoms with Gasteiger partial charge in [-0.1, -0.05) is 11.6 Å². The van der Waals surface area contributed by atoms with Gasteiger partial charge in [-0.3, -0.25) is 9.69 Å². The molecule has 0 saturated heterocycles. The second kappa shape index (κ2) is 8.88. The van der Waals surface area contributed by atoms with E-state index in [0.717, 1.165) is 17.7 Å². The second-order valence-electron chi connectivity index (χ2n) is 4.35. The molecule has 1 aromatic rings. The summed E-state index contributed by atoms with van der Waals surface area (Å²) >= 11 is 5.78. The van der Waals surface area contributed by atoms with E-state index in [1.807, 2.05) is 0 Å². The number of hydrogen-bond donors (Lipinski definition) is 2. The third-order valence-corrected chi connectivity index (χ3v) is 2.95. The number of urea groups is 1. The van der Waals surface area contributed by atoms with Crippen molar-refractivity contribution in [3.63, 3.8) is 0 Å². The monoisotopic (exact) mass is 308 g/mol. The summed E-state index contributed by atoms with van der Waals surface area (Å²) in [7, 11) is 0. The average Bonchev–Trinajstić information content (AvgIpc) is 2.45. The van der Waals surface area contributed by atoms with Gasteiger partial charge in [0, 0.05) is 23.7 Å². The molecule has 0 heterocycles. The molecule has 112 valence electrons. The van der Waals surface area contributed by atoms with Crippen LogP contribution < -0.4 is 10.2 Å². The third-order valence-electron chi connectivity index (χ3n) is 2.70. The molecule has 0 fully saturated rings. The minimum atomic E-state index is -1.09. The van der Waals surface area contributed by atoms with Crippen molar-refractivity contribution in [2.45, 2.75) is 19.3 Å². The summed E-state index contributed by atoms with van der Waals surface area (Å²) < 4.78 is 0. The van der Waals surface area contributed by atoms with Crippen molar-refractivity contribution < 1.29 is 14.7 Å². The molecule has 1 rings (SSSR count). The van der Waals surface area contributed by atoms with Gasteiger partial charge in [0.05, 0.1) is 0 Å². The smallest absolute Gasteiger partial charge is 0.323 e. The lowest BCUT2D eigenvalue weighted by Crippen LogP contribution is -2.43. The van der Waals surface area contributed by atoms with Crippen molar-refractivity contribution in [1.82, 2.24) is 5.32 Å². The molecule has 0 aliphatic heterocycles. The first kappa shape index (κ1) is 16.9. The molecule has 2 N–H and O–H groups in total. The molecule has 5 nitrogen and oxygen atoms in total. The van der Waals surface area contributed by atoms with Crippen LogP contribution in [0.15, 0.2) is 24.3 Å². The molecule has 21 heavy (non-hydrogen) atoms. The van der Waals surface area contributed by atoms with Gasteiger partial charge >= 0.3 is 12.0 Å². The van der Waals surface area contributed by atoms with Gasteiger partial charge in [0.25, 0.3) is 0 Å². The predicted octanol–water partition coefficient (Wildman–Crippen LogP) is 2.74. The highest BCUT2D eigenvalue weighted by Gasteiger charge is 2.18. The Labute approximate surface area is 128 Å². The summed E-state index contributed by atoms with van der Waals surface area (Å²) in [6.45, 7) is 0.0298. The Hall–Kier alpha value is -2.19. The van der Waals surface area contributed by atoms with Gasteiger partial charge in [0.15, 0.2) is 0 Å². The molecule has 6 heteroatoms. The van der Waals surface area contributed by atoms with E-state index in [1.165, 1.54) is 0 Å². The van der Waals surface area contributed by atoms with Gasteiger partial charge in [-0.25, -0.2) is 4.79 Å². The maximum Gasteiger partial charge on any atom is 0.323 e. The van der Waals surface area contributed by atoms with Gasteiger partial charge in [-0.2, -0.15) is 0 Å². The van der Waals surface area contributed by atoms with Crippen LogP contribution in [0.25, 0.3) is 0 Å². The summed E-state index contributed by atoms with van der Waals surface area (Å²) in [5.74, 6) is 1.43. The number of hydrogen-bond acceptors (Lipinski definition) is 2. The first-order chi connectivity index (χ1) is 10.0. The summed E-state index contributed by atoms with van der Waals surface area (Å²) in [5, 5.41) is 12.1. The highest BCUT2D eigenvalue weighted by Crippen LogP contribution is 2.18. The molecular weight excluding hydrogens is 292 g/mol. The number of nitrogens with zero attached hydrogens (tertiary/aromatic N) is 1. The standard InChI is InChI=1S/C15H17ClN2O3/c1-2-3-4-5-10-17-15(21)18(11-14(19)20)13-8-6-12(16)7-9-13/h1,6-9H,3-5,10-11H2,(H,17,21)(H,19,20). The largest absolute Gasteiger partial charge is 0.480 e. The number of nitrogens with one attached hydrogen (secondary N) is 1. The van der Waals surface area contributed by atoms with E-state index >= 15 is 0 Å². The van der Waals surface area contributed by atoms with Crippen LogP contribution in [-0.4, -0.2) is 30.2 Å². The third kappa shape index (κ3) is 6.19. The Bertz CT molecular complexity index is 523. The van der Waals surface area contributed by atoms with Crippen molar-refractivity contribution >= 4 is 29.3 Å². The summed E-state index contributed by atoms with van der Waals surface area (Å²) in [6, 6.07) is 5.95. The molecule has 0 saturated carbocycles. The van der Waals surface area contributed by atoms with Gasteiger partial charge in [0.1, 0.15) is 6.54 Å². The Balaban J connectivity index is 2.64. The van der Waals surface area contributed by atoms with Crippen LogP contribution in [0.4, 0.5) is 10.5 Å². The molecule has 0 aliphatic rings. The normalized spacial score (nSPS) is 9.71. The van der Waals surface area contributed by atoms with Crippen molar-refractivity contribution in [1.29, 1.82) is 0 Å². The number of halogens is 1. The summed E-state index contributed by atoms with van der Waals surface area (Å²) in [6.07, 6.45) is 7.36. The number of carbonyl (C=O) groups is 2. The molecule has 0 bridgehead atoms. The average molecular weight is 309 g/mol. The van der Waals surface area contributed by atoms with Crippen molar-refractivity contribution in [2.75, 3.05) is 18.0 Å². The zero-order valence-electron chi connectivity index (χ0n) is 11.5. The predicted molar refractivity (Wildman–Crippen MR) is 82.5 cm³/mol. The number of amides is 2. The van der Waals surface area contributed by atoms with Gasteiger partial charge in [0.2, 0.25) is 0 Å². The van der Waals surface area contributed by atoms with E-state index in [1.54, 1.807) is 24.3 Å². The molecule has 0 aromatic heterocycles. The molecule has 0 aliphatic carbocycles. The van der Waals surface area contributed by atoms with Crippen LogP contribution in [0.2, 0.25) is 5.02 Å². The number of terminal acetylenes is 1. The van der Waals surface area contributed by atoms with Crippen LogP contribution in [-0.2, 0) is 4.79 Å². The lowest BCUT2D eigenvalue weighted by atomic mass is 10.2. The van der Waals surface area contributed by atoms with Crippen LogP contribution in [0.1, 0.15) is 19.3 Å². The molecule has 0 unspecified atom stereocenters. The topological polar surface area (TPSA) is 69.6 Å². The number of carboxylic acid groups (broad SMARTS) is 1. The van der Waals surface area contributed by atoms with Gasteiger partial charge < -0.3 is 10.4 Å². The molecule has 0 spiro atoms. The maximum absolute atomic E-state index is 12.1. The van der Waals surface area contributed by atoms with Crippen molar-refractivity contribution in [3.8, 4) is 12.3 Å². The lowest BCUT2D eigenvalue weighted by molar-refractivity contribution is -0.135. The first-order valence-corrected chi connectivity index (χ1v) is 6.88. The number of unbranched alkanes of at least 4 members (excludes halogenated alkanes) is 2. The van der Waals surface area contributed by atoms with E-state index in [-0.39, 0.29) is 0 Å². The van der Waals surface area contributed by atoms with E-state index in [2.05, 4.69) is 11.2 Å². The molecule has 0 radical (unpaired) electrons. The van der Waals surface area contributed by atoms with Gasteiger partial charge in [-0.05, 0) is 37.1 Å². The van der Waals surface area contributed by atoms with Crippen LogP contribution in [0.3, 0.4) is 0 Å². The zero-order chi connectivity index (χ0) is 15.7.